The first-order valence-electron chi connectivity index (χ1n) is 4.94. The lowest BCUT2D eigenvalue weighted by Gasteiger charge is -2.41. The predicted octanol–water partition coefficient (Wildman–Crippen LogP) is 2.89. The summed E-state index contributed by atoms with van der Waals surface area (Å²) in [6.07, 6.45) is 1.15. The highest BCUT2D eigenvalue weighted by molar-refractivity contribution is 7.99. The first kappa shape index (κ1) is 10.7. The van der Waals surface area contributed by atoms with Crippen LogP contribution in [0.2, 0.25) is 5.82 Å². The molecule has 0 bridgehead atoms. The maximum Gasteiger partial charge on any atom is 0.481 e. The van der Waals surface area contributed by atoms with E-state index in [0.717, 1.165) is 17.9 Å². The zero-order chi connectivity index (χ0) is 10.2. The van der Waals surface area contributed by atoms with E-state index in [0.29, 0.717) is 0 Å². The van der Waals surface area contributed by atoms with E-state index in [2.05, 4.69) is 0 Å². The molecule has 2 atom stereocenters. The molecule has 2 saturated heterocycles. The second-order valence-electron chi connectivity index (χ2n) is 4.21. The fourth-order valence-corrected chi connectivity index (χ4v) is 3.63. The van der Waals surface area contributed by atoms with Crippen LogP contribution in [0.1, 0.15) is 19.3 Å². The lowest BCUT2D eigenvalue weighted by atomic mass is 9.64. The second-order valence-corrected chi connectivity index (χ2v) is 5.32. The summed E-state index contributed by atoms with van der Waals surface area (Å²) in [5, 5.41) is 0. The summed E-state index contributed by atoms with van der Waals surface area (Å²) in [6, 6.07) is 0. The highest BCUT2D eigenvalue weighted by atomic mass is 32.2. The molecule has 1 nitrogen and oxygen atoms in total. The smallest absolute Gasteiger partial charge is 0.449 e. The normalized spacial score (nSPS) is 39.2. The van der Waals surface area contributed by atoms with Crippen LogP contribution in [0.4, 0.5) is 12.9 Å². The van der Waals surface area contributed by atoms with Gasteiger partial charge in [-0.15, -0.1) is 0 Å². The Labute approximate surface area is 85.8 Å². The van der Waals surface area contributed by atoms with E-state index in [1.165, 1.54) is 0 Å². The molecule has 14 heavy (non-hydrogen) atoms. The minimum atomic E-state index is -4.67. The van der Waals surface area contributed by atoms with Gasteiger partial charge in [0.15, 0.2) is 0 Å². The molecule has 0 saturated carbocycles. The van der Waals surface area contributed by atoms with E-state index in [1.807, 2.05) is 0 Å². The first-order valence-corrected chi connectivity index (χ1v) is 6.09. The van der Waals surface area contributed by atoms with Crippen molar-refractivity contribution in [2.75, 3.05) is 18.1 Å². The fraction of sp³-hybridized carbons (Fsp3) is 1.00. The van der Waals surface area contributed by atoms with Crippen LogP contribution in [-0.2, 0) is 4.74 Å². The Kier molecular flexibility index (Phi) is 2.77. The van der Waals surface area contributed by atoms with Crippen LogP contribution >= 0.6 is 11.8 Å². The summed E-state index contributed by atoms with van der Waals surface area (Å²) in [5.41, 5.74) is -0.440. The molecule has 0 N–H and O–H groups in total. The van der Waals surface area contributed by atoms with Gasteiger partial charge in [-0.25, -0.2) is 0 Å². The average Bonchev–Trinajstić information content (AvgIpc) is 2.52. The number of hydrogen-bond acceptors (Lipinski definition) is 2. The highest BCUT2D eigenvalue weighted by Crippen LogP contribution is 2.46. The highest BCUT2D eigenvalue weighted by Gasteiger charge is 2.46. The van der Waals surface area contributed by atoms with Crippen LogP contribution in [0.25, 0.3) is 0 Å². The molecule has 2 aliphatic rings. The predicted molar refractivity (Wildman–Crippen MR) is 52.7 cm³/mol. The molecule has 0 aromatic heterocycles. The van der Waals surface area contributed by atoms with Gasteiger partial charge in [0.2, 0.25) is 0 Å². The van der Waals surface area contributed by atoms with Crippen LogP contribution < -0.4 is 0 Å². The standard InChI is InChI=1S/C8H13BF3OS/c10-9(11,12)7-1-3-13-8(5-7)2-4-14-6-8/h7H,1-6H2/q-1. The summed E-state index contributed by atoms with van der Waals surface area (Å²) in [6.45, 7) is -4.38. The number of rotatable bonds is 1. The third-order valence-corrected chi connectivity index (χ3v) is 4.36. The zero-order valence-electron chi connectivity index (χ0n) is 7.85. The van der Waals surface area contributed by atoms with Crippen molar-refractivity contribution in [2.45, 2.75) is 30.7 Å². The van der Waals surface area contributed by atoms with Crippen molar-refractivity contribution < 1.29 is 17.7 Å². The maximum atomic E-state index is 12.6. The molecule has 0 radical (unpaired) electrons. The Morgan fingerprint density at radius 2 is 2.14 bits per heavy atom. The van der Waals surface area contributed by atoms with Gasteiger partial charge in [-0.3, -0.25) is 0 Å². The number of thioether (sulfide) groups is 1. The molecule has 0 aliphatic carbocycles. The summed E-state index contributed by atoms with van der Waals surface area (Å²) in [7, 11) is 0. The van der Waals surface area contributed by atoms with Gasteiger partial charge >= 0.3 is 6.98 Å². The zero-order valence-corrected chi connectivity index (χ0v) is 8.66. The van der Waals surface area contributed by atoms with E-state index in [1.54, 1.807) is 11.8 Å². The molecular formula is C8H13BF3OS-. The second kappa shape index (κ2) is 3.63. The van der Waals surface area contributed by atoms with Gasteiger partial charge in [0.25, 0.3) is 0 Å². The quantitative estimate of drug-likeness (QED) is 0.634. The van der Waals surface area contributed by atoms with Gasteiger partial charge in [-0.2, -0.15) is 11.8 Å². The third kappa shape index (κ3) is 2.05. The monoisotopic (exact) mass is 225 g/mol. The largest absolute Gasteiger partial charge is 0.481 e. The lowest BCUT2D eigenvalue weighted by molar-refractivity contribution is -0.0625. The van der Waals surface area contributed by atoms with Crippen molar-refractivity contribution in [1.29, 1.82) is 0 Å². The molecule has 2 heterocycles. The van der Waals surface area contributed by atoms with Crippen molar-refractivity contribution in [3.63, 3.8) is 0 Å². The van der Waals surface area contributed by atoms with Crippen LogP contribution in [-0.4, -0.2) is 30.7 Å². The van der Waals surface area contributed by atoms with Crippen molar-refractivity contribution in [3.05, 3.63) is 0 Å². The van der Waals surface area contributed by atoms with Gasteiger partial charge in [0, 0.05) is 12.4 Å². The SMILES string of the molecule is F[B-](F)(F)C1CCOC2(CCSC2)C1. The number of hydrogen-bond donors (Lipinski definition) is 0. The Bertz CT molecular complexity index is 215. The van der Waals surface area contributed by atoms with Crippen LogP contribution in [0.3, 0.4) is 0 Å². The fourth-order valence-electron chi connectivity index (χ4n) is 2.25. The van der Waals surface area contributed by atoms with Gasteiger partial charge < -0.3 is 17.7 Å². The molecule has 0 aromatic carbocycles. The lowest BCUT2D eigenvalue weighted by Crippen LogP contribution is -2.43. The molecule has 2 rings (SSSR count). The summed E-state index contributed by atoms with van der Waals surface area (Å²) >= 11 is 1.71. The minimum absolute atomic E-state index is 0.163. The van der Waals surface area contributed by atoms with Crippen LogP contribution in [0.5, 0.6) is 0 Å². The Morgan fingerprint density at radius 1 is 1.36 bits per heavy atom. The molecule has 6 heteroatoms. The maximum absolute atomic E-state index is 12.6. The Hall–Kier alpha value is 0.165. The molecular weight excluding hydrogens is 212 g/mol. The van der Waals surface area contributed by atoms with E-state index in [4.69, 9.17) is 4.74 Å². The number of halogens is 3. The van der Waals surface area contributed by atoms with Crippen molar-refractivity contribution >= 4 is 18.7 Å². The topological polar surface area (TPSA) is 9.23 Å². The Balaban J connectivity index is 2.03. The van der Waals surface area contributed by atoms with Crippen molar-refractivity contribution in [2.24, 2.45) is 0 Å². The molecule has 0 amide bonds. The van der Waals surface area contributed by atoms with Gasteiger partial charge in [-0.05, 0) is 18.6 Å². The molecule has 1 spiro atoms. The van der Waals surface area contributed by atoms with Crippen LogP contribution in [0, 0.1) is 0 Å². The minimum Gasteiger partial charge on any atom is -0.449 e. The summed E-state index contributed by atoms with van der Waals surface area (Å²) < 4.78 is 43.3. The van der Waals surface area contributed by atoms with E-state index >= 15 is 0 Å². The van der Waals surface area contributed by atoms with E-state index < -0.39 is 18.4 Å². The summed E-state index contributed by atoms with van der Waals surface area (Å²) in [5.74, 6) is 0.607. The molecule has 0 aromatic rings. The number of ether oxygens (including phenoxy) is 1. The van der Waals surface area contributed by atoms with Crippen molar-refractivity contribution in [3.8, 4) is 0 Å². The van der Waals surface area contributed by atoms with E-state index in [9.17, 15) is 12.9 Å². The van der Waals surface area contributed by atoms with Gasteiger partial charge in [0.1, 0.15) is 0 Å². The van der Waals surface area contributed by atoms with Gasteiger partial charge in [0.05, 0.1) is 5.60 Å². The average molecular weight is 225 g/mol. The van der Waals surface area contributed by atoms with Gasteiger partial charge in [-0.1, -0.05) is 12.2 Å². The van der Waals surface area contributed by atoms with Crippen LogP contribution in [0.15, 0.2) is 0 Å². The molecule has 2 fully saturated rings. The molecule has 82 valence electrons. The third-order valence-electron chi connectivity index (χ3n) is 3.13. The molecule has 2 unspecified atom stereocenters. The first-order chi connectivity index (χ1) is 6.52. The molecule has 2 aliphatic heterocycles. The van der Waals surface area contributed by atoms with E-state index in [-0.39, 0.29) is 19.4 Å². The summed E-state index contributed by atoms with van der Waals surface area (Å²) in [4.78, 5) is 0. The Morgan fingerprint density at radius 3 is 2.71 bits per heavy atom. The van der Waals surface area contributed by atoms with Crippen molar-refractivity contribution in [1.82, 2.24) is 0 Å².